The topological polar surface area (TPSA) is 90.4 Å². The molecule has 7 heteroatoms. The molecule has 1 aromatic carbocycles. The van der Waals surface area contributed by atoms with E-state index in [1.165, 1.54) is 11.8 Å². The molecule has 1 aromatic heterocycles. The van der Waals surface area contributed by atoms with E-state index in [1.54, 1.807) is 13.2 Å². The largest absolute Gasteiger partial charge is 0.496 e. The molecular weight excluding hydrogens is 266 g/mol. The maximum atomic E-state index is 11.2. The second-order valence-corrected chi connectivity index (χ2v) is 4.61. The van der Waals surface area contributed by atoms with Gasteiger partial charge < -0.3 is 9.26 Å². The number of ether oxygens (including phenoxy) is 1. The lowest BCUT2D eigenvalue weighted by atomic mass is 10.3. The van der Waals surface area contributed by atoms with Gasteiger partial charge in [-0.2, -0.15) is 0 Å². The van der Waals surface area contributed by atoms with Gasteiger partial charge in [0.2, 0.25) is 0 Å². The average molecular weight is 279 g/mol. The first-order chi connectivity index (χ1) is 9.24. The number of nitrogens with zero attached hydrogens (tertiary/aromatic N) is 1. The third-order valence-electron chi connectivity index (χ3n) is 2.36. The summed E-state index contributed by atoms with van der Waals surface area (Å²) < 4.78 is 10.3. The lowest BCUT2D eigenvalue weighted by molar-refractivity contribution is 0.0944. The van der Waals surface area contributed by atoms with Crippen LogP contribution in [-0.2, 0) is 5.75 Å². The number of hydrogen-bond acceptors (Lipinski definition) is 6. The van der Waals surface area contributed by atoms with Gasteiger partial charge in [-0.15, -0.1) is 11.8 Å². The Bertz CT molecular complexity index is 571. The molecule has 6 nitrogen and oxygen atoms in total. The fourth-order valence-corrected chi connectivity index (χ4v) is 2.35. The predicted molar refractivity (Wildman–Crippen MR) is 70.7 cm³/mol. The summed E-state index contributed by atoms with van der Waals surface area (Å²) in [5, 5.41) is 3.63. The molecule has 1 amide bonds. The summed E-state index contributed by atoms with van der Waals surface area (Å²) >= 11 is 1.54. The SMILES string of the molecule is COc1ccccc1SCc1cc(C(=O)NN)no1. The number of amides is 1. The van der Waals surface area contributed by atoms with Crippen molar-refractivity contribution in [3.63, 3.8) is 0 Å². The van der Waals surface area contributed by atoms with Gasteiger partial charge in [-0.1, -0.05) is 17.3 Å². The van der Waals surface area contributed by atoms with E-state index in [2.05, 4.69) is 5.16 Å². The predicted octanol–water partition coefficient (Wildman–Crippen LogP) is 1.58. The third-order valence-corrected chi connectivity index (χ3v) is 3.44. The van der Waals surface area contributed by atoms with Crippen LogP contribution in [0, 0.1) is 0 Å². The molecule has 0 atom stereocenters. The average Bonchev–Trinajstić information content (AvgIpc) is 2.93. The Morgan fingerprint density at radius 3 is 3.05 bits per heavy atom. The van der Waals surface area contributed by atoms with Crippen molar-refractivity contribution >= 4 is 17.7 Å². The number of carbonyl (C=O) groups excluding carboxylic acids is 1. The number of carbonyl (C=O) groups is 1. The lowest BCUT2D eigenvalue weighted by Gasteiger charge is -2.05. The highest BCUT2D eigenvalue weighted by Gasteiger charge is 2.12. The van der Waals surface area contributed by atoms with Gasteiger partial charge in [-0.05, 0) is 12.1 Å². The number of nitrogen functional groups attached to an aromatic ring is 1. The van der Waals surface area contributed by atoms with Crippen LogP contribution in [0.4, 0.5) is 0 Å². The molecule has 0 aliphatic rings. The zero-order valence-electron chi connectivity index (χ0n) is 10.3. The van der Waals surface area contributed by atoms with Crippen LogP contribution in [0.2, 0.25) is 0 Å². The van der Waals surface area contributed by atoms with Crippen LogP contribution in [-0.4, -0.2) is 18.2 Å². The third kappa shape index (κ3) is 3.27. The van der Waals surface area contributed by atoms with E-state index in [9.17, 15) is 4.79 Å². The number of thioether (sulfide) groups is 1. The van der Waals surface area contributed by atoms with E-state index >= 15 is 0 Å². The molecule has 0 spiro atoms. The first kappa shape index (κ1) is 13.4. The summed E-state index contributed by atoms with van der Waals surface area (Å²) in [5.41, 5.74) is 2.16. The van der Waals surface area contributed by atoms with Gasteiger partial charge in [0.1, 0.15) is 11.5 Å². The number of hydrazine groups is 1. The maximum Gasteiger partial charge on any atom is 0.287 e. The minimum absolute atomic E-state index is 0.165. The van der Waals surface area contributed by atoms with Crippen LogP contribution >= 0.6 is 11.8 Å². The van der Waals surface area contributed by atoms with Crippen molar-refractivity contribution in [1.82, 2.24) is 10.6 Å². The first-order valence-corrected chi connectivity index (χ1v) is 6.45. The van der Waals surface area contributed by atoms with Crippen LogP contribution < -0.4 is 16.0 Å². The van der Waals surface area contributed by atoms with Crippen molar-refractivity contribution in [3.05, 3.63) is 41.8 Å². The van der Waals surface area contributed by atoms with Crippen molar-refractivity contribution in [2.24, 2.45) is 5.84 Å². The molecule has 0 fully saturated rings. The quantitative estimate of drug-likeness (QED) is 0.374. The smallest absolute Gasteiger partial charge is 0.287 e. The van der Waals surface area contributed by atoms with Crippen molar-refractivity contribution < 1.29 is 14.1 Å². The molecule has 19 heavy (non-hydrogen) atoms. The molecule has 0 bridgehead atoms. The molecule has 100 valence electrons. The summed E-state index contributed by atoms with van der Waals surface area (Å²) in [6.07, 6.45) is 0. The number of rotatable bonds is 5. The van der Waals surface area contributed by atoms with Gasteiger partial charge >= 0.3 is 0 Å². The highest BCUT2D eigenvalue weighted by molar-refractivity contribution is 7.98. The summed E-state index contributed by atoms with van der Waals surface area (Å²) in [6.45, 7) is 0. The zero-order chi connectivity index (χ0) is 13.7. The Kier molecular flexibility index (Phi) is 4.43. The highest BCUT2D eigenvalue weighted by atomic mass is 32.2. The normalized spacial score (nSPS) is 10.2. The Morgan fingerprint density at radius 1 is 1.53 bits per heavy atom. The standard InChI is InChI=1S/C12H13N3O3S/c1-17-10-4-2-3-5-11(10)19-7-8-6-9(15-18-8)12(16)14-13/h2-6H,7,13H2,1H3,(H,14,16). The molecule has 1 heterocycles. The van der Waals surface area contributed by atoms with Crippen molar-refractivity contribution in [2.75, 3.05) is 7.11 Å². The van der Waals surface area contributed by atoms with Gasteiger partial charge in [0.05, 0.1) is 12.9 Å². The fourth-order valence-electron chi connectivity index (χ4n) is 1.45. The van der Waals surface area contributed by atoms with Gasteiger partial charge in [-0.3, -0.25) is 10.2 Å². The highest BCUT2D eigenvalue weighted by Crippen LogP contribution is 2.31. The summed E-state index contributed by atoms with van der Waals surface area (Å²) in [5.74, 6) is 6.48. The second-order valence-electron chi connectivity index (χ2n) is 3.59. The number of hydrogen-bond donors (Lipinski definition) is 2. The van der Waals surface area contributed by atoms with Gasteiger partial charge in [0.15, 0.2) is 5.69 Å². The maximum absolute atomic E-state index is 11.2. The van der Waals surface area contributed by atoms with Crippen LogP contribution in [0.15, 0.2) is 39.8 Å². The van der Waals surface area contributed by atoms with Crippen LogP contribution in [0.5, 0.6) is 5.75 Å². The van der Waals surface area contributed by atoms with Crippen molar-refractivity contribution in [2.45, 2.75) is 10.6 Å². The summed E-state index contributed by atoms with van der Waals surface area (Å²) in [4.78, 5) is 12.2. The Balaban J connectivity index is 2.02. The molecular formula is C12H13N3O3S. The molecule has 2 rings (SSSR count). The van der Waals surface area contributed by atoms with E-state index in [0.29, 0.717) is 11.5 Å². The summed E-state index contributed by atoms with van der Waals surface area (Å²) in [6, 6.07) is 9.23. The van der Waals surface area contributed by atoms with E-state index in [-0.39, 0.29) is 5.69 Å². The summed E-state index contributed by atoms with van der Waals surface area (Å²) in [7, 11) is 1.62. The number of aromatic nitrogens is 1. The van der Waals surface area contributed by atoms with E-state index < -0.39 is 5.91 Å². The van der Waals surface area contributed by atoms with Crippen molar-refractivity contribution in [1.29, 1.82) is 0 Å². The Hall–Kier alpha value is -1.99. The molecule has 0 aliphatic carbocycles. The number of benzene rings is 1. The first-order valence-electron chi connectivity index (χ1n) is 5.47. The van der Waals surface area contributed by atoms with E-state index in [1.807, 2.05) is 29.7 Å². The minimum atomic E-state index is -0.475. The Morgan fingerprint density at radius 2 is 2.32 bits per heavy atom. The van der Waals surface area contributed by atoms with E-state index in [0.717, 1.165) is 10.6 Å². The van der Waals surface area contributed by atoms with Gasteiger partial charge in [0.25, 0.3) is 5.91 Å². The molecule has 0 unspecified atom stereocenters. The lowest BCUT2D eigenvalue weighted by Crippen LogP contribution is -2.30. The zero-order valence-corrected chi connectivity index (χ0v) is 11.1. The minimum Gasteiger partial charge on any atom is -0.496 e. The van der Waals surface area contributed by atoms with Crippen LogP contribution in [0.3, 0.4) is 0 Å². The number of para-hydroxylation sites is 1. The second kappa shape index (κ2) is 6.26. The number of methoxy groups -OCH3 is 1. The monoisotopic (exact) mass is 279 g/mol. The molecule has 0 saturated carbocycles. The molecule has 2 aromatic rings. The molecule has 0 saturated heterocycles. The van der Waals surface area contributed by atoms with Gasteiger partial charge in [0, 0.05) is 11.0 Å². The van der Waals surface area contributed by atoms with E-state index in [4.69, 9.17) is 15.1 Å². The molecule has 0 radical (unpaired) electrons. The molecule has 0 aliphatic heterocycles. The van der Waals surface area contributed by atoms with Crippen LogP contribution in [0.25, 0.3) is 0 Å². The number of nitrogens with one attached hydrogen (secondary N) is 1. The fraction of sp³-hybridized carbons (Fsp3) is 0.167. The molecule has 3 N–H and O–H groups in total. The van der Waals surface area contributed by atoms with Gasteiger partial charge in [-0.25, -0.2) is 5.84 Å². The Labute approximate surface area is 114 Å². The van der Waals surface area contributed by atoms with Crippen molar-refractivity contribution in [3.8, 4) is 5.75 Å². The van der Waals surface area contributed by atoms with Crippen LogP contribution in [0.1, 0.15) is 16.2 Å². The number of nitrogens with two attached hydrogens (primary N) is 1.